The number of nitrogens with one attached hydrogen (secondary N) is 2. The molecule has 0 aromatic heterocycles. The molecule has 27 heavy (non-hydrogen) atoms. The molecule has 0 atom stereocenters. The van der Waals surface area contributed by atoms with E-state index in [-0.39, 0.29) is 12.5 Å². The van der Waals surface area contributed by atoms with Crippen LogP contribution in [0.25, 0.3) is 0 Å². The van der Waals surface area contributed by atoms with E-state index >= 15 is 0 Å². The van der Waals surface area contributed by atoms with Gasteiger partial charge in [0.2, 0.25) is 5.91 Å². The largest absolute Gasteiger partial charge is 0.457 e. The number of carbonyl (C=O) groups excluding carboxylic acids is 1. The highest BCUT2D eigenvalue weighted by Gasteiger charge is 2.30. The van der Waals surface area contributed by atoms with E-state index in [0.29, 0.717) is 31.2 Å². The van der Waals surface area contributed by atoms with Crippen LogP contribution < -0.4 is 15.4 Å². The van der Waals surface area contributed by atoms with Crippen LogP contribution in [0.4, 0.5) is 13.2 Å². The molecule has 0 aliphatic rings. The number of hydrogen-bond donors (Lipinski definition) is 2. The molecule has 8 heteroatoms. The van der Waals surface area contributed by atoms with Gasteiger partial charge in [-0.05, 0) is 42.0 Å². The molecule has 0 aliphatic carbocycles. The van der Waals surface area contributed by atoms with E-state index < -0.39 is 11.7 Å². The summed E-state index contributed by atoms with van der Waals surface area (Å²) in [5.41, 5.74) is 0.151. The number of amides is 1. The average Bonchev–Trinajstić information content (AvgIpc) is 2.64. The van der Waals surface area contributed by atoms with Crippen LogP contribution in [0.1, 0.15) is 11.1 Å². The maximum Gasteiger partial charge on any atom is 0.416 e. The van der Waals surface area contributed by atoms with E-state index in [4.69, 9.17) is 9.47 Å². The standard InChI is InChI=1S/C19H21F3N2O3/c1-26-11-10-23-13-18(25)24-12-14-2-6-16(7-3-14)27-17-8-4-15(5-9-17)19(20,21)22/h2-9,23H,10-13H2,1H3,(H,24,25). The third-order valence-corrected chi connectivity index (χ3v) is 3.60. The number of rotatable bonds is 9. The van der Waals surface area contributed by atoms with E-state index in [9.17, 15) is 18.0 Å². The summed E-state index contributed by atoms with van der Waals surface area (Å²) in [6.07, 6.45) is -4.37. The van der Waals surface area contributed by atoms with Gasteiger partial charge in [-0.15, -0.1) is 0 Å². The van der Waals surface area contributed by atoms with E-state index in [1.807, 2.05) is 0 Å². The minimum Gasteiger partial charge on any atom is -0.457 e. The van der Waals surface area contributed by atoms with E-state index in [1.54, 1.807) is 31.4 Å². The Morgan fingerprint density at radius 1 is 1.00 bits per heavy atom. The Bertz CT molecular complexity index is 716. The molecule has 2 aromatic carbocycles. The van der Waals surface area contributed by atoms with Gasteiger partial charge in [0.05, 0.1) is 18.7 Å². The van der Waals surface area contributed by atoms with Crippen molar-refractivity contribution in [3.8, 4) is 11.5 Å². The molecule has 0 bridgehead atoms. The van der Waals surface area contributed by atoms with Crippen molar-refractivity contribution in [3.05, 3.63) is 59.7 Å². The topological polar surface area (TPSA) is 59.6 Å². The number of carbonyl (C=O) groups is 1. The quantitative estimate of drug-likeness (QED) is 0.653. The summed E-state index contributed by atoms with van der Waals surface area (Å²) in [5, 5.41) is 5.72. The van der Waals surface area contributed by atoms with Crippen LogP contribution in [-0.4, -0.2) is 32.7 Å². The fraction of sp³-hybridized carbons (Fsp3) is 0.316. The van der Waals surface area contributed by atoms with Gasteiger partial charge in [0.15, 0.2) is 0 Å². The van der Waals surface area contributed by atoms with Crippen molar-refractivity contribution in [1.29, 1.82) is 0 Å². The lowest BCUT2D eigenvalue weighted by atomic mass is 10.2. The summed E-state index contributed by atoms with van der Waals surface area (Å²) in [6.45, 7) is 1.71. The van der Waals surface area contributed by atoms with Crippen molar-refractivity contribution in [2.75, 3.05) is 26.8 Å². The normalized spacial score (nSPS) is 11.3. The van der Waals surface area contributed by atoms with E-state index in [0.717, 1.165) is 17.7 Å². The molecule has 5 nitrogen and oxygen atoms in total. The first kappa shape index (κ1) is 20.7. The highest BCUT2D eigenvalue weighted by molar-refractivity contribution is 5.77. The third-order valence-electron chi connectivity index (χ3n) is 3.60. The summed E-state index contributed by atoms with van der Waals surface area (Å²) in [4.78, 5) is 11.7. The number of methoxy groups -OCH3 is 1. The van der Waals surface area contributed by atoms with Crippen molar-refractivity contribution in [2.24, 2.45) is 0 Å². The molecule has 0 unspecified atom stereocenters. The zero-order valence-electron chi connectivity index (χ0n) is 14.8. The second-order valence-corrected chi connectivity index (χ2v) is 5.71. The summed E-state index contributed by atoms with van der Waals surface area (Å²) >= 11 is 0. The lowest BCUT2D eigenvalue weighted by Crippen LogP contribution is -2.34. The Balaban J connectivity index is 1.80. The summed E-state index contributed by atoms with van der Waals surface area (Å²) in [6, 6.07) is 11.4. The lowest BCUT2D eigenvalue weighted by Gasteiger charge is -2.10. The minimum atomic E-state index is -4.37. The lowest BCUT2D eigenvalue weighted by molar-refractivity contribution is -0.137. The molecule has 2 N–H and O–H groups in total. The van der Waals surface area contributed by atoms with Gasteiger partial charge in [0.25, 0.3) is 0 Å². The molecule has 2 rings (SSSR count). The zero-order valence-corrected chi connectivity index (χ0v) is 14.8. The van der Waals surface area contributed by atoms with Crippen molar-refractivity contribution >= 4 is 5.91 Å². The molecule has 1 amide bonds. The predicted molar refractivity (Wildman–Crippen MR) is 94.6 cm³/mol. The second-order valence-electron chi connectivity index (χ2n) is 5.71. The van der Waals surface area contributed by atoms with Gasteiger partial charge in [-0.3, -0.25) is 4.79 Å². The Hall–Kier alpha value is -2.58. The Kier molecular flexibility index (Phi) is 7.63. The van der Waals surface area contributed by atoms with Crippen LogP contribution >= 0.6 is 0 Å². The van der Waals surface area contributed by atoms with E-state index in [1.165, 1.54) is 12.1 Å². The van der Waals surface area contributed by atoms with Crippen LogP contribution in [-0.2, 0) is 22.3 Å². The first-order valence-electron chi connectivity index (χ1n) is 8.29. The minimum absolute atomic E-state index is 0.129. The van der Waals surface area contributed by atoms with Crippen LogP contribution in [0.5, 0.6) is 11.5 Å². The van der Waals surface area contributed by atoms with Gasteiger partial charge in [0.1, 0.15) is 11.5 Å². The van der Waals surface area contributed by atoms with Gasteiger partial charge < -0.3 is 20.1 Å². The molecule has 0 radical (unpaired) electrons. The fourth-order valence-electron chi connectivity index (χ4n) is 2.16. The fourth-order valence-corrected chi connectivity index (χ4v) is 2.16. The number of alkyl halides is 3. The number of hydrogen-bond acceptors (Lipinski definition) is 4. The maximum atomic E-state index is 12.5. The summed E-state index contributed by atoms with van der Waals surface area (Å²) in [5.74, 6) is 0.674. The van der Waals surface area contributed by atoms with E-state index in [2.05, 4.69) is 10.6 Å². The summed E-state index contributed by atoms with van der Waals surface area (Å²) < 4.78 is 48.0. The van der Waals surface area contributed by atoms with Gasteiger partial charge in [-0.1, -0.05) is 12.1 Å². The van der Waals surface area contributed by atoms with Crippen molar-refractivity contribution in [2.45, 2.75) is 12.7 Å². The molecule has 2 aromatic rings. The summed E-state index contributed by atoms with van der Waals surface area (Å²) in [7, 11) is 1.59. The van der Waals surface area contributed by atoms with Crippen LogP contribution in [0.15, 0.2) is 48.5 Å². The third kappa shape index (κ3) is 7.28. The highest BCUT2D eigenvalue weighted by atomic mass is 19.4. The smallest absolute Gasteiger partial charge is 0.416 e. The highest BCUT2D eigenvalue weighted by Crippen LogP contribution is 2.31. The molecule has 0 spiro atoms. The molecule has 0 fully saturated rings. The Morgan fingerprint density at radius 2 is 1.59 bits per heavy atom. The number of halogens is 3. The SMILES string of the molecule is COCCNCC(=O)NCc1ccc(Oc2ccc(C(F)(F)F)cc2)cc1. The zero-order chi connectivity index (χ0) is 19.7. The maximum absolute atomic E-state index is 12.5. The predicted octanol–water partition coefficient (Wildman–Crippen LogP) is 3.35. The van der Waals surface area contributed by atoms with Gasteiger partial charge in [0, 0.05) is 20.2 Å². The molecule has 0 saturated carbocycles. The van der Waals surface area contributed by atoms with Gasteiger partial charge in [-0.25, -0.2) is 0 Å². The van der Waals surface area contributed by atoms with Crippen molar-refractivity contribution in [1.82, 2.24) is 10.6 Å². The van der Waals surface area contributed by atoms with Crippen LogP contribution in [0.2, 0.25) is 0 Å². The monoisotopic (exact) mass is 382 g/mol. The van der Waals surface area contributed by atoms with Crippen molar-refractivity contribution in [3.63, 3.8) is 0 Å². The second kappa shape index (κ2) is 9.94. The first-order chi connectivity index (χ1) is 12.9. The molecule has 0 aliphatic heterocycles. The Morgan fingerprint density at radius 3 is 2.15 bits per heavy atom. The van der Waals surface area contributed by atoms with Gasteiger partial charge >= 0.3 is 6.18 Å². The number of ether oxygens (including phenoxy) is 2. The molecular weight excluding hydrogens is 361 g/mol. The Labute approximate surface area is 155 Å². The molecule has 0 heterocycles. The van der Waals surface area contributed by atoms with Crippen molar-refractivity contribution < 1.29 is 27.4 Å². The molecular formula is C19H21F3N2O3. The van der Waals surface area contributed by atoms with Crippen LogP contribution in [0, 0.1) is 0 Å². The average molecular weight is 382 g/mol. The molecule has 146 valence electrons. The molecule has 0 saturated heterocycles. The van der Waals surface area contributed by atoms with Crippen LogP contribution in [0.3, 0.4) is 0 Å². The van der Waals surface area contributed by atoms with Gasteiger partial charge in [-0.2, -0.15) is 13.2 Å². The first-order valence-corrected chi connectivity index (χ1v) is 8.29. The number of benzene rings is 2.